The third-order valence-electron chi connectivity index (χ3n) is 4.66. The highest BCUT2D eigenvalue weighted by atomic mass is 32.2. The average molecular weight is 396 g/mol. The van der Waals surface area contributed by atoms with Gasteiger partial charge >= 0.3 is 0 Å². The molecule has 26 heavy (non-hydrogen) atoms. The lowest BCUT2D eigenvalue weighted by molar-refractivity contribution is 0.122. The Morgan fingerprint density at radius 1 is 1.04 bits per heavy atom. The highest BCUT2D eigenvalue weighted by Crippen LogP contribution is 2.24. The van der Waals surface area contributed by atoms with Crippen molar-refractivity contribution in [2.75, 3.05) is 62.3 Å². The molecule has 10 heteroatoms. The maximum atomic E-state index is 12.6. The molecule has 140 valence electrons. The molecule has 2 saturated heterocycles. The van der Waals surface area contributed by atoms with Crippen LogP contribution in [0.3, 0.4) is 0 Å². The second kappa shape index (κ2) is 7.47. The van der Waals surface area contributed by atoms with E-state index in [0.717, 1.165) is 37.8 Å². The molecule has 0 N–H and O–H groups in total. The molecule has 0 bridgehead atoms. The number of thiophene rings is 1. The van der Waals surface area contributed by atoms with E-state index in [1.54, 1.807) is 28.0 Å². The Labute approximate surface area is 157 Å². The van der Waals surface area contributed by atoms with Crippen LogP contribution in [0, 0.1) is 0 Å². The van der Waals surface area contributed by atoms with Crippen LogP contribution in [-0.2, 0) is 14.8 Å². The average Bonchev–Trinajstić information content (AvgIpc) is 3.25. The summed E-state index contributed by atoms with van der Waals surface area (Å²) in [5.41, 5.74) is 1.03. The van der Waals surface area contributed by atoms with Crippen molar-refractivity contribution < 1.29 is 13.2 Å². The Bertz CT molecular complexity index is 829. The molecule has 4 heterocycles. The Morgan fingerprint density at radius 2 is 1.81 bits per heavy atom. The SMILES string of the molecule is O=S(=O)(c1cccs1)N1CCN(c2cc(N3CCOCC3)cnn2)CC1. The summed E-state index contributed by atoms with van der Waals surface area (Å²) in [5, 5.41) is 10.2. The molecule has 2 aromatic heterocycles. The van der Waals surface area contributed by atoms with Crippen LogP contribution in [0.1, 0.15) is 0 Å². The maximum Gasteiger partial charge on any atom is 0.252 e. The Morgan fingerprint density at radius 3 is 2.50 bits per heavy atom. The van der Waals surface area contributed by atoms with Gasteiger partial charge in [-0.3, -0.25) is 0 Å². The number of nitrogens with zero attached hydrogens (tertiary/aromatic N) is 5. The van der Waals surface area contributed by atoms with Crippen LogP contribution in [-0.4, -0.2) is 75.4 Å². The van der Waals surface area contributed by atoms with E-state index in [-0.39, 0.29) is 0 Å². The van der Waals surface area contributed by atoms with Gasteiger partial charge in [-0.1, -0.05) is 6.07 Å². The van der Waals surface area contributed by atoms with Gasteiger partial charge in [-0.05, 0) is 11.4 Å². The summed E-state index contributed by atoms with van der Waals surface area (Å²) < 4.78 is 32.6. The fraction of sp³-hybridized carbons (Fsp3) is 0.500. The number of hydrogen-bond donors (Lipinski definition) is 0. The molecule has 0 radical (unpaired) electrons. The predicted molar refractivity (Wildman–Crippen MR) is 100 cm³/mol. The molecule has 2 aromatic rings. The molecular formula is C16H21N5O3S2. The minimum absolute atomic E-state index is 0.403. The van der Waals surface area contributed by atoms with E-state index in [1.165, 1.54) is 11.3 Å². The standard InChI is InChI=1S/C16H21N5O3S2/c22-26(23,16-2-1-11-25-16)21-5-3-20(4-6-21)15-12-14(13-17-18-15)19-7-9-24-10-8-19/h1-2,11-13H,3-10H2. The van der Waals surface area contributed by atoms with Gasteiger partial charge in [0.2, 0.25) is 0 Å². The number of anilines is 2. The van der Waals surface area contributed by atoms with Gasteiger partial charge in [0.15, 0.2) is 5.82 Å². The first-order valence-corrected chi connectivity index (χ1v) is 10.9. The number of morpholine rings is 1. The second-order valence-corrected chi connectivity index (χ2v) is 9.31. The van der Waals surface area contributed by atoms with Gasteiger partial charge < -0.3 is 14.5 Å². The molecule has 2 aliphatic rings. The summed E-state index contributed by atoms with van der Waals surface area (Å²) >= 11 is 1.26. The summed E-state index contributed by atoms with van der Waals surface area (Å²) in [6.45, 7) is 5.23. The first kappa shape index (κ1) is 17.7. The number of rotatable bonds is 4. The van der Waals surface area contributed by atoms with E-state index in [1.807, 2.05) is 6.07 Å². The van der Waals surface area contributed by atoms with Gasteiger partial charge in [-0.15, -0.1) is 16.4 Å². The van der Waals surface area contributed by atoms with Crippen molar-refractivity contribution >= 4 is 32.9 Å². The van der Waals surface area contributed by atoms with Crippen molar-refractivity contribution in [3.8, 4) is 0 Å². The van der Waals surface area contributed by atoms with Crippen LogP contribution < -0.4 is 9.80 Å². The van der Waals surface area contributed by atoms with Gasteiger partial charge in [0.1, 0.15) is 4.21 Å². The Kier molecular flexibility index (Phi) is 5.07. The normalized spacial score (nSPS) is 19.7. The topological polar surface area (TPSA) is 78.9 Å². The van der Waals surface area contributed by atoms with Crippen molar-refractivity contribution in [2.45, 2.75) is 4.21 Å². The zero-order valence-electron chi connectivity index (χ0n) is 14.3. The molecule has 8 nitrogen and oxygen atoms in total. The molecule has 2 aliphatic heterocycles. The number of aromatic nitrogens is 2. The van der Waals surface area contributed by atoms with Crippen LogP contribution in [0.2, 0.25) is 0 Å². The van der Waals surface area contributed by atoms with Gasteiger partial charge in [0.05, 0.1) is 25.1 Å². The van der Waals surface area contributed by atoms with Gasteiger partial charge in [-0.25, -0.2) is 8.42 Å². The number of sulfonamides is 1. The summed E-state index contributed by atoms with van der Waals surface area (Å²) in [7, 11) is -3.38. The van der Waals surface area contributed by atoms with E-state index in [9.17, 15) is 8.42 Å². The maximum absolute atomic E-state index is 12.6. The lowest BCUT2D eigenvalue weighted by Crippen LogP contribution is -2.48. The molecule has 0 spiro atoms. The first-order valence-electron chi connectivity index (χ1n) is 8.58. The highest BCUT2D eigenvalue weighted by molar-refractivity contribution is 7.91. The van der Waals surface area contributed by atoms with Crippen molar-refractivity contribution in [3.63, 3.8) is 0 Å². The minimum atomic E-state index is -3.38. The third-order valence-corrected chi connectivity index (χ3v) is 7.93. The molecule has 0 amide bonds. The van der Waals surface area contributed by atoms with Crippen molar-refractivity contribution in [3.05, 3.63) is 29.8 Å². The molecule has 0 aromatic carbocycles. The molecular weight excluding hydrogens is 374 g/mol. The summed E-state index contributed by atoms with van der Waals surface area (Å²) in [4.78, 5) is 4.33. The van der Waals surface area contributed by atoms with Crippen LogP contribution in [0.4, 0.5) is 11.5 Å². The van der Waals surface area contributed by atoms with Crippen molar-refractivity contribution in [2.24, 2.45) is 0 Å². The molecule has 0 saturated carbocycles. The van der Waals surface area contributed by atoms with Crippen LogP contribution in [0.25, 0.3) is 0 Å². The molecule has 0 unspecified atom stereocenters. The van der Waals surface area contributed by atoms with E-state index in [0.29, 0.717) is 30.4 Å². The zero-order chi connectivity index (χ0) is 18.0. The first-order chi connectivity index (χ1) is 12.6. The summed E-state index contributed by atoms with van der Waals surface area (Å²) in [5.74, 6) is 0.794. The molecule has 0 atom stereocenters. The lowest BCUT2D eigenvalue weighted by Gasteiger charge is -2.35. The third kappa shape index (κ3) is 3.54. The van der Waals surface area contributed by atoms with Gasteiger partial charge in [0.25, 0.3) is 10.0 Å². The van der Waals surface area contributed by atoms with E-state index in [4.69, 9.17) is 4.74 Å². The fourth-order valence-corrected chi connectivity index (χ4v) is 5.76. The number of piperazine rings is 1. The number of hydrogen-bond acceptors (Lipinski definition) is 8. The minimum Gasteiger partial charge on any atom is -0.378 e. The monoisotopic (exact) mass is 395 g/mol. The van der Waals surface area contributed by atoms with Crippen LogP contribution in [0.15, 0.2) is 34.0 Å². The summed E-state index contributed by atoms with van der Waals surface area (Å²) in [6.07, 6.45) is 1.77. The second-order valence-electron chi connectivity index (χ2n) is 6.19. The van der Waals surface area contributed by atoms with Gasteiger partial charge in [-0.2, -0.15) is 9.40 Å². The molecule has 2 fully saturated rings. The molecule has 0 aliphatic carbocycles. The predicted octanol–water partition coefficient (Wildman–Crippen LogP) is 0.886. The van der Waals surface area contributed by atoms with Gasteiger partial charge in [0, 0.05) is 45.3 Å². The Hall–Kier alpha value is -1.75. The van der Waals surface area contributed by atoms with Crippen molar-refractivity contribution in [1.29, 1.82) is 0 Å². The van der Waals surface area contributed by atoms with Crippen LogP contribution >= 0.6 is 11.3 Å². The lowest BCUT2D eigenvalue weighted by atomic mass is 10.3. The van der Waals surface area contributed by atoms with E-state index >= 15 is 0 Å². The van der Waals surface area contributed by atoms with E-state index < -0.39 is 10.0 Å². The summed E-state index contributed by atoms with van der Waals surface area (Å²) in [6, 6.07) is 5.45. The quantitative estimate of drug-likeness (QED) is 0.761. The zero-order valence-corrected chi connectivity index (χ0v) is 16.0. The fourth-order valence-electron chi connectivity index (χ4n) is 3.19. The van der Waals surface area contributed by atoms with E-state index in [2.05, 4.69) is 20.0 Å². The number of ether oxygens (including phenoxy) is 1. The molecule has 4 rings (SSSR count). The Balaban J connectivity index is 1.43. The smallest absolute Gasteiger partial charge is 0.252 e. The van der Waals surface area contributed by atoms with Crippen LogP contribution in [0.5, 0.6) is 0 Å². The largest absolute Gasteiger partial charge is 0.378 e. The highest BCUT2D eigenvalue weighted by Gasteiger charge is 2.29. The van der Waals surface area contributed by atoms with Crippen molar-refractivity contribution in [1.82, 2.24) is 14.5 Å².